The van der Waals surface area contributed by atoms with Gasteiger partial charge in [-0.1, -0.05) is 6.92 Å². The van der Waals surface area contributed by atoms with E-state index in [-0.39, 0.29) is 0 Å². The zero-order valence-corrected chi connectivity index (χ0v) is 12.2. The highest BCUT2D eigenvalue weighted by atomic mass is 16.5. The molecule has 4 nitrogen and oxygen atoms in total. The van der Waals surface area contributed by atoms with E-state index in [1.807, 2.05) is 0 Å². The molecule has 2 aliphatic rings. The van der Waals surface area contributed by atoms with E-state index >= 15 is 0 Å². The highest BCUT2D eigenvalue weighted by Gasteiger charge is 2.31. The molecule has 2 heterocycles. The maximum Gasteiger partial charge on any atom is 0.0594 e. The lowest BCUT2D eigenvalue weighted by atomic mass is 9.89. The van der Waals surface area contributed by atoms with Crippen LogP contribution in [0, 0.1) is 5.41 Å². The van der Waals surface area contributed by atoms with Gasteiger partial charge >= 0.3 is 0 Å². The van der Waals surface area contributed by atoms with Crippen LogP contribution in [0.3, 0.4) is 0 Å². The summed E-state index contributed by atoms with van der Waals surface area (Å²) < 4.78 is 5.40. The predicted octanol–water partition coefficient (Wildman–Crippen LogP) is 0.639. The molecule has 2 rings (SSSR count). The molecule has 2 unspecified atom stereocenters. The van der Waals surface area contributed by atoms with Crippen molar-refractivity contribution in [1.29, 1.82) is 0 Å². The average Bonchev–Trinajstić information content (AvgIpc) is 2.77. The van der Waals surface area contributed by atoms with Crippen molar-refractivity contribution in [2.24, 2.45) is 5.41 Å². The molecule has 0 bridgehead atoms. The maximum atomic E-state index is 5.40. The number of hydrogen-bond acceptors (Lipinski definition) is 4. The summed E-state index contributed by atoms with van der Waals surface area (Å²) in [5, 5.41) is 3.48. The third kappa shape index (κ3) is 3.92. The fourth-order valence-electron chi connectivity index (χ4n) is 3.06. The van der Waals surface area contributed by atoms with E-state index in [0.29, 0.717) is 11.5 Å². The maximum absolute atomic E-state index is 5.40. The molecule has 0 spiro atoms. The predicted molar refractivity (Wildman–Crippen MR) is 74.9 cm³/mol. The Bertz CT molecular complexity index is 247. The molecule has 2 saturated heterocycles. The fourth-order valence-corrected chi connectivity index (χ4v) is 3.06. The van der Waals surface area contributed by atoms with Gasteiger partial charge < -0.3 is 15.0 Å². The number of likely N-dealkylation sites (N-methyl/N-ethyl adjacent to an activating group) is 1. The van der Waals surface area contributed by atoms with Gasteiger partial charge in [0.2, 0.25) is 0 Å². The normalized spacial score (nSPS) is 32.0. The quantitative estimate of drug-likeness (QED) is 0.780. The molecule has 0 saturated carbocycles. The molecular weight excluding hydrogens is 226 g/mol. The van der Waals surface area contributed by atoms with E-state index in [4.69, 9.17) is 4.74 Å². The molecule has 0 aromatic carbocycles. The van der Waals surface area contributed by atoms with Gasteiger partial charge in [-0.05, 0) is 32.4 Å². The molecule has 0 aliphatic carbocycles. The van der Waals surface area contributed by atoms with Crippen molar-refractivity contribution in [3.8, 4) is 0 Å². The molecule has 4 heteroatoms. The SMILES string of the molecule is CC(CN1CCOCC1)N(C)CC1(C)CCNC1. The minimum Gasteiger partial charge on any atom is -0.379 e. The van der Waals surface area contributed by atoms with Crippen molar-refractivity contribution in [3.05, 3.63) is 0 Å². The minimum absolute atomic E-state index is 0.466. The highest BCUT2D eigenvalue weighted by Crippen LogP contribution is 2.25. The van der Waals surface area contributed by atoms with Gasteiger partial charge in [-0.3, -0.25) is 4.90 Å². The molecular formula is C14H29N3O. The number of nitrogens with zero attached hydrogens (tertiary/aromatic N) is 2. The van der Waals surface area contributed by atoms with E-state index < -0.39 is 0 Å². The van der Waals surface area contributed by atoms with Crippen molar-refractivity contribution in [3.63, 3.8) is 0 Å². The minimum atomic E-state index is 0.466. The number of hydrogen-bond donors (Lipinski definition) is 1. The van der Waals surface area contributed by atoms with Crippen molar-refractivity contribution >= 4 is 0 Å². The Morgan fingerprint density at radius 2 is 2.11 bits per heavy atom. The molecule has 106 valence electrons. The average molecular weight is 255 g/mol. The Labute approximate surface area is 112 Å². The molecule has 0 radical (unpaired) electrons. The van der Waals surface area contributed by atoms with Crippen LogP contribution in [0.25, 0.3) is 0 Å². The van der Waals surface area contributed by atoms with Crippen LogP contribution in [0.2, 0.25) is 0 Å². The summed E-state index contributed by atoms with van der Waals surface area (Å²) in [7, 11) is 2.27. The summed E-state index contributed by atoms with van der Waals surface area (Å²) in [6.07, 6.45) is 1.31. The van der Waals surface area contributed by atoms with Crippen LogP contribution in [0.15, 0.2) is 0 Å². The molecule has 2 aliphatic heterocycles. The van der Waals surface area contributed by atoms with Crippen molar-refractivity contribution < 1.29 is 4.74 Å². The summed E-state index contributed by atoms with van der Waals surface area (Å²) in [6, 6.07) is 0.625. The van der Waals surface area contributed by atoms with Crippen LogP contribution >= 0.6 is 0 Å². The summed E-state index contributed by atoms with van der Waals surface area (Å²) in [5.74, 6) is 0. The van der Waals surface area contributed by atoms with Crippen LogP contribution in [0.1, 0.15) is 20.3 Å². The number of nitrogens with one attached hydrogen (secondary N) is 1. The number of rotatable bonds is 5. The first kappa shape index (κ1) is 14.3. The second-order valence-electron chi connectivity index (χ2n) is 6.41. The van der Waals surface area contributed by atoms with Gasteiger partial charge in [0.05, 0.1) is 13.2 Å². The lowest BCUT2D eigenvalue weighted by molar-refractivity contribution is 0.0238. The first-order valence-electron chi connectivity index (χ1n) is 7.30. The molecule has 1 N–H and O–H groups in total. The van der Waals surface area contributed by atoms with Crippen molar-refractivity contribution in [2.45, 2.75) is 26.3 Å². The third-order valence-electron chi connectivity index (χ3n) is 4.47. The Balaban J connectivity index is 1.75. The Morgan fingerprint density at radius 1 is 1.39 bits per heavy atom. The van der Waals surface area contributed by atoms with Gasteiger partial charge in [0.1, 0.15) is 0 Å². The second-order valence-corrected chi connectivity index (χ2v) is 6.41. The van der Waals surface area contributed by atoms with Gasteiger partial charge in [-0.25, -0.2) is 0 Å². The van der Waals surface area contributed by atoms with Crippen LogP contribution < -0.4 is 5.32 Å². The Morgan fingerprint density at radius 3 is 2.72 bits per heavy atom. The van der Waals surface area contributed by atoms with Gasteiger partial charge in [0, 0.05) is 38.8 Å². The van der Waals surface area contributed by atoms with Crippen LogP contribution in [0.4, 0.5) is 0 Å². The van der Waals surface area contributed by atoms with E-state index in [1.165, 1.54) is 32.6 Å². The number of ether oxygens (including phenoxy) is 1. The third-order valence-corrected chi connectivity index (χ3v) is 4.47. The molecule has 2 atom stereocenters. The van der Waals surface area contributed by atoms with E-state index in [0.717, 1.165) is 26.3 Å². The largest absolute Gasteiger partial charge is 0.379 e. The molecule has 2 fully saturated rings. The van der Waals surface area contributed by atoms with Crippen LogP contribution in [-0.2, 0) is 4.74 Å². The van der Waals surface area contributed by atoms with E-state index in [2.05, 4.69) is 36.0 Å². The summed E-state index contributed by atoms with van der Waals surface area (Å²) in [6.45, 7) is 13.5. The van der Waals surface area contributed by atoms with E-state index in [9.17, 15) is 0 Å². The lowest BCUT2D eigenvalue weighted by Gasteiger charge is -2.36. The van der Waals surface area contributed by atoms with Crippen LogP contribution in [-0.4, -0.2) is 75.4 Å². The van der Waals surface area contributed by atoms with Crippen molar-refractivity contribution in [2.75, 3.05) is 59.5 Å². The van der Waals surface area contributed by atoms with Gasteiger partial charge in [0.15, 0.2) is 0 Å². The zero-order valence-electron chi connectivity index (χ0n) is 12.2. The summed E-state index contributed by atoms with van der Waals surface area (Å²) in [4.78, 5) is 5.06. The highest BCUT2D eigenvalue weighted by molar-refractivity contribution is 4.87. The van der Waals surface area contributed by atoms with Crippen LogP contribution in [0.5, 0.6) is 0 Å². The first-order chi connectivity index (χ1) is 8.59. The second kappa shape index (κ2) is 6.33. The number of morpholine rings is 1. The van der Waals surface area contributed by atoms with Gasteiger partial charge in [-0.15, -0.1) is 0 Å². The van der Waals surface area contributed by atoms with Gasteiger partial charge in [0.25, 0.3) is 0 Å². The van der Waals surface area contributed by atoms with Gasteiger partial charge in [-0.2, -0.15) is 0 Å². The Hall–Kier alpha value is -0.160. The fraction of sp³-hybridized carbons (Fsp3) is 1.00. The Kier molecular flexibility index (Phi) is 5.01. The first-order valence-corrected chi connectivity index (χ1v) is 7.30. The zero-order chi connectivity index (χ0) is 13.0. The summed E-state index contributed by atoms with van der Waals surface area (Å²) >= 11 is 0. The summed E-state index contributed by atoms with van der Waals surface area (Å²) in [5.41, 5.74) is 0.466. The van der Waals surface area contributed by atoms with E-state index in [1.54, 1.807) is 0 Å². The molecule has 0 aromatic heterocycles. The lowest BCUT2D eigenvalue weighted by Crippen LogP contribution is -2.47. The molecule has 0 aromatic rings. The molecule has 0 amide bonds. The topological polar surface area (TPSA) is 27.7 Å². The monoisotopic (exact) mass is 255 g/mol. The molecule has 18 heavy (non-hydrogen) atoms. The smallest absolute Gasteiger partial charge is 0.0594 e. The van der Waals surface area contributed by atoms with Crippen molar-refractivity contribution in [1.82, 2.24) is 15.1 Å². The standard InChI is InChI=1S/C14H29N3O/c1-13(10-17-6-8-18-9-7-17)16(3)12-14(2)4-5-15-11-14/h13,15H,4-12H2,1-3H3.